The summed E-state index contributed by atoms with van der Waals surface area (Å²) in [6.45, 7) is 29.4. The third kappa shape index (κ3) is 22.4. The minimum absolute atomic E-state index is 0.0160. The fourth-order valence-electron chi connectivity index (χ4n) is 21.0. The van der Waals surface area contributed by atoms with Crippen LogP contribution in [0, 0.1) is 0 Å². The zero-order valence-electron chi connectivity index (χ0n) is 88.3. The van der Waals surface area contributed by atoms with E-state index in [2.05, 4.69) is 162 Å². The Hall–Kier alpha value is -15.6. The number of likely N-dealkylation sites (tertiary alicyclic amines) is 1. The number of aromatic nitrogens is 8. The second-order valence-corrected chi connectivity index (χ2v) is 39.7. The normalized spacial score (nSPS) is 15.1. The first-order valence-electron chi connectivity index (χ1n) is 51.1. The molecule has 9 N–H and O–H groups in total. The third-order valence-corrected chi connectivity index (χ3v) is 29.0. The maximum Gasteiger partial charge on any atom is 0.274 e. The number of nitrogens with zero attached hydrogens (tertiary/aromatic N) is 14. The highest BCUT2D eigenvalue weighted by molar-refractivity contribution is 6.04. The molecule has 27 nitrogen and oxygen atoms in total. The van der Waals surface area contributed by atoms with Crippen molar-refractivity contribution < 1.29 is 43.3 Å². The lowest BCUT2D eigenvalue weighted by molar-refractivity contribution is -0.126. The Morgan fingerprint density at radius 1 is 0.351 bits per heavy atom. The van der Waals surface area contributed by atoms with Gasteiger partial charge in [-0.05, 0) is 245 Å². The summed E-state index contributed by atoms with van der Waals surface area (Å²) >= 11 is 0. The number of hydrogen-bond acceptors (Lipinski definition) is 21. The van der Waals surface area contributed by atoms with Gasteiger partial charge >= 0.3 is 0 Å². The monoisotopic (exact) mass is 1980 g/mol. The molecule has 762 valence electrons. The number of allylic oxidation sites excluding steroid dienone is 12. The summed E-state index contributed by atoms with van der Waals surface area (Å²) < 4.78 is 10.4. The quantitative estimate of drug-likeness (QED) is 0.0498. The highest BCUT2D eigenvalue weighted by atomic mass is 16.5. The molecule has 3 aliphatic heterocycles. The Morgan fingerprint density at radius 3 is 1.01 bits per heavy atom. The van der Waals surface area contributed by atoms with Crippen LogP contribution < -0.4 is 32.7 Å². The SMILES string of the molecule is CCC1=C(C)Cc2ncc(-c3ccc(N)c(C(=O)N(C)C)c3)cc21.CCC1=C(C)Cc2ncc(-c3ccc(N)c(C(=O)N(C)C)c3)cc21.CCC1=C(C)Cc2ncc(-c3ccc(N)c(C(=O)N(C)C)n3)cc21.CCC1=C(C)Cc2ncc(-c3ccc(N)c(C(=O)N4CC(O)C4)c3)cc21.CCC1=C(C)Cc2ncc(-c3cccc(N4CCOCC4=O)c3)cc21.CCC1=C(C)Cc2ncc(-c3cccc(N4CCOCC4=O)n3)cc21. The number of aliphatic hydroxyl groups is 1. The predicted molar refractivity (Wildman–Crippen MR) is 593 cm³/mol. The van der Waals surface area contributed by atoms with Gasteiger partial charge in [-0.3, -0.25) is 63.6 Å². The summed E-state index contributed by atoms with van der Waals surface area (Å²) in [4.78, 5) is 120. The molecule has 148 heavy (non-hydrogen) atoms. The van der Waals surface area contributed by atoms with Gasteiger partial charge in [-0.2, -0.15) is 0 Å². The van der Waals surface area contributed by atoms with E-state index in [4.69, 9.17) is 42.4 Å². The van der Waals surface area contributed by atoms with Crippen LogP contribution >= 0.6 is 0 Å². The van der Waals surface area contributed by atoms with E-state index in [1.54, 1.807) is 81.3 Å². The molecule has 0 unspecified atom stereocenters. The van der Waals surface area contributed by atoms with Crippen LogP contribution in [0.25, 0.3) is 100 Å². The summed E-state index contributed by atoms with van der Waals surface area (Å²) in [5, 5.41) is 9.44. The van der Waals surface area contributed by atoms with Gasteiger partial charge in [0.15, 0.2) is 5.69 Å². The number of amides is 6. The maximum atomic E-state index is 12.6. The van der Waals surface area contributed by atoms with E-state index in [0.717, 1.165) is 173 Å². The fraction of sp³-hybridized carbons (Fsp3) is 0.322. The standard InChI is InChI=1S/C21H23N3O2.C21H22N2O2.C20H21N3O2.2C20H23N3O.C19H22N4O/c1-3-16-12(2)6-20-17(16)8-14(9-23-20)13-4-5-19(22)18(7-13)21(26)24-10-15(25)11-24;1-3-18-14(2)9-20-19(18)11-16(12-22-20)15-5-4-6-17(10-15)23-7-8-25-13-21(23)24;1-3-15-13(2)9-18-16(15)10-14(11-21-18)17-5-4-6-19(22-17)23-7-8-25-12-20(23)24;2*1-5-15-12(2)8-19-16(15)10-14(11-22-19)13-6-7-18(21)17(9-13)20(24)23(3)4;1-5-13-11(2)8-17-14(13)9-12(10-21-17)16-7-6-15(20)18(22-16)19(24)23(3)4/h4-5,7-9,15,25H,3,6,10-11,22H2,1-2H3;4-6,10-12H,3,7-9,13H2,1-2H3;4-6,10-11H,3,7-9,12H2,1-2H3;2*6-7,9-11H,5,8,21H2,1-4H3;6-7,9-10H,5,8,20H2,1-4H3. The largest absolute Gasteiger partial charge is 0.398 e. The van der Waals surface area contributed by atoms with Gasteiger partial charge < -0.3 is 62.0 Å². The Kier molecular flexibility index (Phi) is 32.4. The second kappa shape index (κ2) is 45.6. The van der Waals surface area contributed by atoms with Crippen molar-refractivity contribution >= 4 is 103 Å². The van der Waals surface area contributed by atoms with Gasteiger partial charge in [0.25, 0.3) is 35.4 Å². The van der Waals surface area contributed by atoms with E-state index in [9.17, 15) is 33.9 Å². The van der Waals surface area contributed by atoms with Crippen LogP contribution in [-0.2, 0) is 57.6 Å². The fourth-order valence-corrected chi connectivity index (χ4v) is 21.0. The highest BCUT2D eigenvalue weighted by Gasteiger charge is 2.34. The number of anilines is 6. The van der Waals surface area contributed by atoms with Crippen molar-refractivity contribution in [2.75, 3.05) is 128 Å². The molecule has 3 fully saturated rings. The van der Waals surface area contributed by atoms with Crippen molar-refractivity contribution in [2.24, 2.45) is 0 Å². The van der Waals surface area contributed by atoms with Crippen molar-refractivity contribution in [1.29, 1.82) is 0 Å². The number of nitrogen functional groups attached to an aromatic ring is 4. The zero-order valence-corrected chi connectivity index (χ0v) is 88.3. The molecule has 27 heteroatoms. The molecular formula is C121H134N18O9. The number of aliphatic hydroxyl groups excluding tert-OH is 1. The van der Waals surface area contributed by atoms with Crippen molar-refractivity contribution in [1.82, 2.24) is 59.5 Å². The first kappa shape index (κ1) is 105. The number of carbonyl (C=O) groups is 6. The molecule has 8 aromatic heterocycles. The number of pyridine rings is 8. The number of rotatable bonds is 18. The van der Waals surface area contributed by atoms with E-state index in [1.165, 1.54) is 121 Å². The smallest absolute Gasteiger partial charge is 0.274 e. The number of β-amino-alcohol motifs (C(OH)–C–C–N with tert-alkyl or cyclic N) is 1. The number of morpholine rings is 2. The molecule has 6 amide bonds. The van der Waals surface area contributed by atoms with E-state index in [-0.39, 0.29) is 54.4 Å². The van der Waals surface area contributed by atoms with Crippen molar-refractivity contribution in [3.8, 4) is 67.0 Å². The maximum absolute atomic E-state index is 12.6. The van der Waals surface area contributed by atoms with Gasteiger partial charge in [0.2, 0.25) is 0 Å². The van der Waals surface area contributed by atoms with Gasteiger partial charge in [-0.1, -0.05) is 111 Å². The number of ether oxygens (including phenoxy) is 2. The molecule has 0 spiro atoms. The summed E-state index contributed by atoms with van der Waals surface area (Å²) in [7, 11) is 10.3. The number of benzene rings is 4. The lowest BCUT2D eigenvalue weighted by Crippen LogP contribution is -2.53. The zero-order chi connectivity index (χ0) is 105. The number of carbonyl (C=O) groups excluding carboxylic acids is 6. The van der Waals surface area contributed by atoms with Crippen LogP contribution in [0.3, 0.4) is 0 Å². The second-order valence-electron chi connectivity index (χ2n) is 39.7. The van der Waals surface area contributed by atoms with Crippen LogP contribution in [0.4, 0.5) is 34.3 Å². The minimum Gasteiger partial charge on any atom is -0.398 e. The third-order valence-electron chi connectivity index (χ3n) is 29.0. The Bertz CT molecular complexity index is 6990. The molecule has 0 atom stereocenters. The molecule has 6 aliphatic carbocycles. The lowest BCUT2D eigenvalue weighted by Gasteiger charge is -2.36. The lowest BCUT2D eigenvalue weighted by atomic mass is 9.98. The van der Waals surface area contributed by atoms with Gasteiger partial charge in [0.1, 0.15) is 19.0 Å². The molecule has 3 saturated heterocycles. The van der Waals surface area contributed by atoms with Crippen LogP contribution in [0.2, 0.25) is 0 Å². The van der Waals surface area contributed by atoms with Gasteiger partial charge in [-0.15, -0.1) is 0 Å². The van der Waals surface area contributed by atoms with E-state index >= 15 is 0 Å². The average Bonchev–Trinajstić information content (AvgIpc) is 1.58. The molecule has 0 radical (unpaired) electrons. The van der Waals surface area contributed by atoms with Crippen LogP contribution in [0.5, 0.6) is 0 Å². The van der Waals surface area contributed by atoms with Gasteiger partial charge in [0.05, 0.1) is 93.8 Å². The summed E-state index contributed by atoms with van der Waals surface area (Å²) in [6, 6.07) is 47.3. The molecule has 21 rings (SSSR count). The molecule has 11 heterocycles. The minimum atomic E-state index is -0.424. The molecule has 12 aromatic rings. The topological polar surface area (TPSA) is 368 Å². The average molecular weight is 1980 g/mol. The summed E-state index contributed by atoms with van der Waals surface area (Å²) in [6.07, 6.45) is 22.5. The van der Waals surface area contributed by atoms with Crippen molar-refractivity contribution in [3.05, 3.63) is 306 Å². The van der Waals surface area contributed by atoms with E-state index in [0.29, 0.717) is 90.3 Å². The van der Waals surface area contributed by atoms with E-state index in [1.807, 2.05) is 110 Å². The first-order valence-corrected chi connectivity index (χ1v) is 51.1. The Labute approximate surface area is 867 Å². The van der Waals surface area contributed by atoms with Crippen LogP contribution in [0.15, 0.2) is 216 Å². The molecular weight excluding hydrogens is 1850 g/mol. The molecule has 4 aromatic carbocycles. The van der Waals surface area contributed by atoms with Crippen molar-refractivity contribution in [3.63, 3.8) is 0 Å². The number of nitrogens with two attached hydrogens (primary N) is 4. The molecule has 0 bridgehead atoms. The highest BCUT2D eigenvalue weighted by Crippen LogP contribution is 2.45. The predicted octanol–water partition coefficient (Wildman–Crippen LogP) is 20.7. The summed E-state index contributed by atoms with van der Waals surface area (Å²) in [5.74, 6) is 0.134. The Morgan fingerprint density at radius 2 is 0.662 bits per heavy atom. The van der Waals surface area contributed by atoms with Crippen LogP contribution in [0.1, 0.15) is 231 Å². The number of hydrogen-bond donors (Lipinski definition) is 5. The first-order chi connectivity index (χ1) is 71.1. The summed E-state index contributed by atoms with van der Waals surface area (Å²) in [5.41, 5.74) is 71.0. The van der Waals surface area contributed by atoms with Crippen LogP contribution in [-0.4, -0.2) is 201 Å². The van der Waals surface area contributed by atoms with E-state index < -0.39 is 6.10 Å². The van der Waals surface area contributed by atoms with Gasteiger partial charge in [-0.25, -0.2) is 9.97 Å². The van der Waals surface area contributed by atoms with Gasteiger partial charge in [0, 0.05) is 227 Å². The Balaban J connectivity index is 0.000000127. The molecule has 9 aliphatic rings. The molecule has 0 saturated carbocycles. The van der Waals surface area contributed by atoms with Crippen molar-refractivity contribution in [2.45, 2.75) is 166 Å². The number of fused-ring (bicyclic) bond motifs is 6.